The number of hydrogen-bond donors (Lipinski definition) is 1. The molecule has 0 aliphatic carbocycles. The zero-order valence-electron chi connectivity index (χ0n) is 12.7. The molecule has 2 rings (SSSR count). The van der Waals surface area contributed by atoms with Crippen molar-refractivity contribution in [1.29, 1.82) is 0 Å². The van der Waals surface area contributed by atoms with Crippen LogP contribution in [0.1, 0.15) is 36.8 Å². The van der Waals surface area contributed by atoms with Gasteiger partial charge in [0.05, 0.1) is 6.20 Å². The van der Waals surface area contributed by atoms with Crippen molar-refractivity contribution in [3.63, 3.8) is 0 Å². The summed E-state index contributed by atoms with van der Waals surface area (Å²) in [6.07, 6.45) is 4.98. The van der Waals surface area contributed by atoms with E-state index in [1.54, 1.807) is 0 Å². The first-order valence-electron chi connectivity index (χ1n) is 7.44. The summed E-state index contributed by atoms with van der Waals surface area (Å²) in [6, 6.07) is 6.29. The van der Waals surface area contributed by atoms with Crippen LogP contribution in [-0.4, -0.2) is 18.1 Å². The van der Waals surface area contributed by atoms with E-state index in [0.29, 0.717) is 0 Å². The van der Waals surface area contributed by atoms with Crippen molar-refractivity contribution in [2.24, 2.45) is 0 Å². The maximum absolute atomic E-state index is 5.90. The van der Waals surface area contributed by atoms with Crippen LogP contribution in [0.15, 0.2) is 28.8 Å². The first-order chi connectivity index (χ1) is 9.72. The number of rotatable bonds is 7. The molecule has 0 spiro atoms. The van der Waals surface area contributed by atoms with E-state index in [-0.39, 0.29) is 0 Å². The van der Waals surface area contributed by atoms with E-state index in [0.717, 1.165) is 37.6 Å². The van der Waals surface area contributed by atoms with E-state index < -0.39 is 0 Å². The second-order valence-corrected chi connectivity index (χ2v) is 5.24. The minimum absolute atomic E-state index is 0.834. The van der Waals surface area contributed by atoms with Crippen molar-refractivity contribution in [3.8, 4) is 11.3 Å². The van der Waals surface area contributed by atoms with Gasteiger partial charge in [-0.25, -0.2) is 4.98 Å². The average Bonchev–Trinajstić information content (AvgIpc) is 2.87. The lowest BCUT2D eigenvalue weighted by Crippen LogP contribution is -2.16. The van der Waals surface area contributed by atoms with Gasteiger partial charge in [-0.15, -0.1) is 0 Å². The first kappa shape index (κ1) is 14.8. The predicted molar refractivity (Wildman–Crippen MR) is 82.9 cm³/mol. The molecule has 0 aliphatic heterocycles. The Balaban J connectivity index is 1.98. The number of nitrogens with one attached hydrogen (secondary N) is 1. The van der Waals surface area contributed by atoms with Crippen molar-refractivity contribution in [1.82, 2.24) is 10.3 Å². The normalized spacial score (nSPS) is 10.9. The van der Waals surface area contributed by atoms with Gasteiger partial charge in [0.2, 0.25) is 0 Å². The molecule has 1 aromatic carbocycles. The van der Waals surface area contributed by atoms with Gasteiger partial charge in [0.25, 0.3) is 0 Å². The molecular formula is C17H24N2O. The molecular weight excluding hydrogens is 248 g/mol. The Morgan fingerprint density at radius 2 is 1.90 bits per heavy atom. The average molecular weight is 272 g/mol. The molecule has 1 aromatic heterocycles. The van der Waals surface area contributed by atoms with Crippen LogP contribution in [0.25, 0.3) is 11.3 Å². The van der Waals surface area contributed by atoms with E-state index in [2.05, 4.69) is 49.3 Å². The van der Waals surface area contributed by atoms with Crippen LogP contribution in [-0.2, 0) is 6.42 Å². The summed E-state index contributed by atoms with van der Waals surface area (Å²) in [7, 11) is 0. The molecule has 3 nitrogen and oxygen atoms in total. The molecule has 0 atom stereocenters. The predicted octanol–water partition coefficient (Wildman–Crippen LogP) is 3.89. The second kappa shape index (κ2) is 7.25. The third-order valence-electron chi connectivity index (χ3n) is 3.45. The van der Waals surface area contributed by atoms with Crippen molar-refractivity contribution >= 4 is 0 Å². The molecule has 3 heteroatoms. The largest absolute Gasteiger partial charge is 0.441 e. The summed E-state index contributed by atoms with van der Waals surface area (Å²) in [4.78, 5) is 4.40. The Morgan fingerprint density at radius 1 is 1.15 bits per heavy atom. The van der Waals surface area contributed by atoms with Gasteiger partial charge >= 0.3 is 0 Å². The van der Waals surface area contributed by atoms with Crippen LogP contribution < -0.4 is 5.32 Å². The van der Waals surface area contributed by atoms with E-state index in [9.17, 15) is 0 Å². The van der Waals surface area contributed by atoms with Gasteiger partial charge in [0.15, 0.2) is 11.7 Å². The van der Waals surface area contributed by atoms with Gasteiger partial charge in [0.1, 0.15) is 0 Å². The summed E-state index contributed by atoms with van der Waals surface area (Å²) in [5.74, 6) is 1.72. The molecule has 0 saturated heterocycles. The number of benzene rings is 1. The van der Waals surface area contributed by atoms with Gasteiger partial charge in [-0.2, -0.15) is 0 Å². The third-order valence-corrected chi connectivity index (χ3v) is 3.45. The number of oxazole rings is 1. The number of aryl methyl sites for hydroxylation is 3. The molecule has 0 unspecified atom stereocenters. The highest BCUT2D eigenvalue weighted by Gasteiger charge is 2.10. The zero-order valence-corrected chi connectivity index (χ0v) is 12.7. The maximum atomic E-state index is 5.90. The zero-order chi connectivity index (χ0) is 14.4. The Labute approximate surface area is 121 Å². The van der Waals surface area contributed by atoms with Gasteiger partial charge in [-0.05, 0) is 50.9 Å². The van der Waals surface area contributed by atoms with Crippen molar-refractivity contribution in [2.45, 2.75) is 40.0 Å². The summed E-state index contributed by atoms with van der Waals surface area (Å²) in [5, 5.41) is 3.39. The van der Waals surface area contributed by atoms with E-state index in [4.69, 9.17) is 4.42 Å². The molecule has 0 amide bonds. The van der Waals surface area contributed by atoms with Crippen LogP contribution >= 0.6 is 0 Å². The molecule has 20 heavy (non-hydrogen) atoms. The van der Waals surface area contributed by atoms with Crippen LogP contribution in [0.4, 0.5) is 0 Å². The molecule has 0 fully saturated rings. The van der Waals surface area contributed by atoms with Crippen LogP contribution in [0.2, 0.25) is 0 Å². The Bertz CT molecular complexity index is 525. The second-order valence-electron chi connectivity index (χ2n) is 5.24. The SMILES string of the molecule is CCCNCCCc1ncc(-c2c(C)cccc2C)o1. The van der Waals surface area contributed by atoms with Crippen molar-refractivity contribution in [3.05, 3.63) is 41.4 Å². The Hall–Kier alpha value is -1.61. The van der Waals surface area contributed by atoms with Crippen molar-refractivity contribution < 1.29 is 4.42 Å². The van der Waals surface area contributed by atoms with Crippen LogP contribution in [0.5, 0.6) is 0 Å². The van der Waals surface area contributed by atoms with Crippen LogP contribution in [0, 0.1) is 13.8 Å². The number of hydrogen-bond acceptors (Lipinski definition) is 3. The summed E-state index contributed by atoms with van der Waals surface area (Å²) in [6.45, 7) is 8.50. The highest BCUT2D eigenvalue weighted by atomic mass is 16.4. The van der Waals surface area contributed by atoms with Gasteiger partial charge in [0, 0.05) is 12.0 Å². The summed E-state index contributed by atoms with van der Waals surface area (Å²) >= 11 is 0. The topological polar surface area (TPSA) is 38.1 Å². The van der Waals surface area contributed by atoms with E-state index >= 15 is 0 Å². The number of nitrogens with zero attached hydrogens (tertiary/aromatic N) is 1. The summed E-state index contributed by atoms with van der Waals surface area (Å²) < 4.78 is 5.90. The Kier molecular flexibility index (Phi) is 5.36. The lowest BCUT2D eigenvalue weighted by atomic mass is 10.0. The first-order valence-corrected chi connectivity index (χ1v) is 7.44. The standard InChI is InChI=1S/C17H24N2O/c1-4-10-18-11-6-9-16-19-12-15(20-16)17-13(2)7-5-8-14(17)3/h5,7-8,12,18H,4,6,9-11H2,1-3H3. The van der Waals surface area contributed by atoms with Crippen molar-refractivity contribution in [2.75, 3.05) is 13.1 Å². The smallest absolute Gasteiger partial charge is 0.194 e. The van der Waals surface area contributed by atoms with Crippen LogP contribution in [0.3, 0.4) is 0 Å². The van der Waals surface area contributed by atoms with E-state index in [1.807, 2.05) is 6.20 Å². The quantitative estimate of drug-likeness (QED) is 0.777. The van der Waals surface area contributed by atoms with E-state index in [1.165, 1.54) is 23.1 Å². The molecule has 1 heterocycles. The fourth-order valence-corrected chi connectivity index (χ4v) is 2.41. The monoisotopic (exact) mass is 272 g/mol. The molecule has 108 valence electrons. The molecule has 0 bridgehead atoms. The molecule has 0 saturated carbocycles. The minimum Gasteiger partial charge on any atom is -0.441 e. The van der Waals surface area contributed by atoms with Gasteiger partial charge in [-0.3, -0.25) is 0 Å². The fourth-order valence-electron chi connectivity index (χ4n) is 2.41. The molecule has 2 aromatic rings. The fraction of sp³-hybridized carbons (Fsp3) is 0.471. The number of aromatic nitrogens is 1. The van der Waals surface area contributed by atoms with Gasteiger partial charge < -0.3 is 9.73 Å². The lowest BCUT2D eigenvalue weighted by molar-refractivity contribution is 0.491. The highest BCUT2D eigenvalue weighted by molar-refractivity contribution is 5.65. The highest BCUT2D eigenvalue weighted by Crippen LogP contribution is 2.27. The lowest BCUT2D eigenvalue weighted by Gasteiger charge is -2.05. The Morgan fingerprint density at radius 3 is 2.60 bits per heavy atom. The molecule has 0 radical (unpaired) electrons. The molecule has 0 aliphatic rings. The summed E-state index contributed by atoms with van der Waals surface area (Å²) in [5.41, 5.74) is 3.64. The maximum Gasteiger partial charge on any atom is 0.194 e. The minimum atomic E-state index is 0.834. The third kappa shape index (κ3) is 3.70. The van der Waals surface area contributed by atoms with Gasteiger partial charge in [-0.1, -0.05) is 25.1 Å². The molecule has 1 N–H and O–H groups in total.